The number of nitrogens with one attached hydrogen (secondary N) is 1. The molecule has 21 heavy (non-hydrogen) atoms. The van der Waals surface area contributed by atoms with Crippen LogP contribution in [0.25, 0.3) is 5.57 Å². The smallest absolute Gasteiger partial charge is 0.264 e. The molecule has 0 atom stereocenters. The fraction of sp³-hybridized carbons (Fsp3) is 0.438. The molecule has 0 heterocycles. The fourth-order valence-corrected chi connectivity index (χ4v) is 2.17. The van der Waals surface area contributed by atoms with E-state index in [1.807, 2.05) is 7.05 Å². The Morgan fingerprint density at radius 1 is 1.38 bits per heavy atom. The number of halogens is 2. The van der Waals surface area contributed by atoms with Crippen molar-refractivity contribution in [3.8, 4) is 0 Å². The predicted octanol–water partition coefficient (Wildman–Crippen LogP) is 3.17. The second-order valence-corrected chi connectivity index (χ2v) is 4.79. The number of aliphatic imine (C=N–C) groups is 1. The number of unbranched alkanes of at least 4 members (excludes halogenated alkanes) is 1. The van der Waals surface area contributed by atoms with E-state index in [2.05, 4.69) is 10.3 Å². The summed E-state index contributed by atoms with van der Waals surface area (Å²) in [4.78, 5) is 3.87. The molecule has 0 fully saturated rings. The molecule has 0 aliphatic carbocycles. The minimum atomic E-state index is -2.53. The summed E-state index contributed by atoms with van der Waals surface area (Å²) in [5.41, 5.74) is 7.55. The minimum absolute atomic E-state index is 0.00873. The van der Waals surface area contributed by atoms with Gasteiger partial charge in [-0.25, -0.2) is 8.78 Å². The van der Waals surface area contributed by atoms with Crippen molar-refractivity contribution in [2.45, 2.75) is 25.7 Å². The van der Waals surface area contributed by atoms with Gasteiger partial charge in [0.2, 0.25) is 0 Å². The van der Waals surface area contributed by atoms with E-state index in [1.54, 1.807) is 19.2 Å². The quantitative estimate of drug-likeness (QED) is 0.572. The summed E-state index contributed by atoms with van der Waals surface area (Å²) in [5.74, 6) is 0. The molecule has 0 amide bonds. The Morgan fingerprint density at radius 3 is 2.71 bits per heavy atom. The molecule has 0 bridgehead atoms. The maximum atomic E-state index is 13.1. The van der Waals surface area contributed by atoms with Gasteiger partial charge in [0.15, 0.2) is 0 Å². The zero-order valence-electron chi connectivity index (χ0n) is 12.6. The van der Waals surface area contributed by atoms with Crippen molar-refractivity contribution in [1.82, 2.24) is 5.32 Å². The van der Waals surface area contributed by atoms with Crippen LogP contribution >= 0.6 is 0 Å². The molecule has 5 heteroatoms. The van der Waals surface area contributed by atoms with Gasteiger partial charge >= 0.3 is 0 Å². The van der Waals surface area contributed by atoms with Gasteiger partial charge in [0, 0.05) is 30.6 Å². The van der Waals surface area contributed by atoms with Crippen LogP contribution in [-0.4, -0.2) is 26.9 Å². The molecule has 0 aliphatic heterocycles. The monoisotopic (exact) mass is 295 g/mol. The van der Waals surface area contributed by atoms with Gasteiger partial charge in [0.1, 0.15) is 0 Å². The first-order chi connectivity index (χ1) is 10.1. The van der Waals surface area contributed by atoms with Crippen LogP contribution in [0.1, 0.15) is 36.0 Å². The summed E-state index contributed by atoms with van der Waals surface area (Å²) in [7, 11) is 3.51. The van der Waals surface area contributed by atoms with Crippen LogP contribution < -0.4 is 11.1 Å². The zero-order chi connectivity index (χ0) is 15.7. The topological polar surface area (TPSA) is 50.4 Å². The number of benzene rings is 1. The Bertz CT molecular complexity index is 496. The molecule has 0 aromatic heterocycles. The highest BCUT2D eigenvalue weighted by molar-refractivity contribution is 6.10. The number of nitrogens with zero attached hydrogens (tertiary/aromatic N) is 1. The van der Waals surface area contributed by atoms with Gasteiger partial charge in [0.25, 0.3) is 6.43 Å². The normalized spacial score (nSPS) is 12.5. The Labute approximate surface area is 125 Å². The lowest BCUT2D eigenvalue weighted by molar-refractivity contribution is 0.151. The van der Waals surface area contributed by atoms with Crippen molar-refractivity contribution in [1.29, 1.82) is 0 Å². The second kappa shape index (κ2) is 9.23. The molecule has 0 aliphatic rings. The molecule has 0 radical (unpaired) electrons. The first-order valence-corrected chi connectivity index (χ1v) is 7.04. The van der Waals surface area contributed by atoms with Crippen molar-refractivity contribution in [2.24, 2.45) is 10.7 Å². The summed E-state index contributed by atoms with van der Waals surface area (Å²) in [6.45, 7) is 0.957. The van der Waals surface area contributed by atoms with Gasteiger partial charge in [-0.2, -0.15) is 0 Å². The van der Waals surface area contributed by atoms with Crippen LogP contribution in [0.5, 0.6) is 0 Å². The summed E-state index contributed by atoms with van der Waals surface area (Å²) in [6, 6.07) is 5.04. The third-order valence-corrected chi connectivity index (χ3v) is 3.25. The number of nitrogens with two attached hydrogens (primary N) is 1. The van der Waals surface area contributed by atoms with Gasteiger partial charge in [-0.15, -0.1) is 0 Å². The highest BCUT2D eigenvalue weighted by Gasteiger charge is 2.15. The first kappa shape index (κ1) is 17.3. The van der Waals surface area contributed by atoms with Crippen LogP contribution in [-0.2, 0) is 6.42 Å². The number of allylic oxidation sites excluding steroid dienone is 1. The van der Waals surface area contributed by atoms with E-state index >= 15 is 0 Å². The lowest BCUT2D eigenvalue weighted by atomic mass is 9.96. The molecule has 0 saturated heterocycles. The Kier molecular flexibility index (Phi) is 7.61. The van der Waals surface area contributed by atoms with E-state index in [4.69, 9.17) is 5.73 Å². The summed E-state index contributed by atoms with van der Waals surface area (Å²) >= 11 is 0. The van der Waals surface area contributed by atoms with E-state index in [-0.39, 0.29) is 5.56 Å². The summed E-state index contributed by atoms with van der Waals surface area (Å²) < 4.78 is 26.3. The van der Waals surface area contributed by atoms with Crippen LogP contribution in [0.15, 0.2) is 29.4 Å². The van der Waals surface area contributed by atoms with E-state index < -0.39 is 6.43 Å². The van der Waals surface area contributed by atoms with E-state index in [1.165, 1.54) is 18.5 Å². The fourth-order valence-electron chi connectivity index (χ4n) is 2.17. The molecule has 3 nitrogen and oxygen atoms in total. The highest BCUT2D eigenvalue weighted by atomic mass is 19.3. The third kappa shape index (κ3) is 5.27. The average molecular weight is 295 g/mol. The Balaban J connectivity index is 3.01. The van der Waals surface area contributed by atoms with Gasteiger partial charge in [-0.3, -0.25) is 4.99 Å². The van der Waals surface area contributed by atoms with Crippen molar-refractivity contribution in [2.75, 3.05) is 20.6 Å². The van der Waals surface area contributed by atoms with Gasteiger partial charge in [0.05, 0.1) is 0 Å². The molecule has 116 valence electrons. The van der Waals surface area contributed by atoms with E-state index in [9.17, 15) is 8.78 Å². The predicted molar refractivity (Wildman–Crippen MR) is 84.8 cm³/mol. The third-order valence-electron chi connectivity index (χ3n) is 3.25. The molecule has 1 aromatic carbocycles. The standard InChI is InChI=1S/C16H23F2N3/c1-20-8-4-3-5-12-6-7-14(16(17)18)15(9-12)13(10-19)11-21-2/h6-7,9-11,16,20H,3-5,8,19H2,1-2H3/b13-10+,21-11?. The Morgan fingerprint density at radius 2 is 2.14 bits per heavy atom. The summed E-state index contributed by atoms with van der Waals surface area (Å²) in [5, 5.41) is 3.09. The number of aryl methyl sites for hydroxylation is 1. The van der Waals surface area contributed by atoms with Gasteiger partial charge < -0.3 is 11.1 Å². The highest BCUT2D eigenvalue weighted by Crippen LogP contribution is 2.28. The molecule has 3 N–H and O–H groups in total. The Hall–Kier alpha value is -1.75. The average Bonchev–Trinajstić information content (AvgIpc) is 2.49. The number of rotatable bonds is 8. The molecule has 0 saturated carbocycles. The van der Waals surface area contributed by atoms with Crippen molar-refractivity contribution in [3.63, 3.8) is 0 Å². The van der Waals surface area contributed by atoms with Crippen LogP contribution in [0.4, 0.5) is 8.78 Å². The lowest BCUT2D eigenvalue weighted by Crippen LogP contribution is -2.07. The van der Waals surface area contributed by atoms with Crippen LogP contribution in [0.3, 0.4) is 0 Å². The number of hydrogen-bond donors (Lipinski definition) is 2. The SMILES string of the molecule is CN=C/C(=C\N)c1cc(CCCCNC)ccc1C(F)F. The van der Waals surface area contributed by atoms with Crippen molar-refractivity contribution < 1.29 is 8.78 Å². The molecular weight excluding hydrogens is 272 g/mol. The molecular formula is C16H23F2N3. The maximum absolute atomic E-state index is 13.1. The number of hydrogen-bond acceptors (Lipinski definition) is 3. The van der Waals surface area contributed by atoms with E-state index in [0.29, 0.717) is 11.1 Å². The number of alkyl halides is 2. The van der Waals surface area contributed by atoms with Crippen molar-refractivity contribution >= 4 is 11.8 Å². The van der Waals surface area contributed by atoms with Crippen molar-refractivity contribution in [3.05, 3.63) is 41.1 Å². The molecule has 1 rings (SSSR count). The first-order valence-electron chi connectivity index (χ1n) is 7.04. The van der Waals surface area contributed by atoms with Crippen LogP contribution in [0.2, 0.25) is 0 Å². The second-order valence-electron chi connectivity index (χ2n) is 4.79. The molecule has 0 spiro atoms. The van der Waals surface area contributed by atoms with Crippen LogP contribution in [0, 0.1) is 0 Å². The molecule has 1 aromatic rings. The minimum Gasteiger partial charge on any atom is -0.404 e. The zero-order valence-corrected chi connectivity index (χ0v) is 12.6. The summed E-state index contributed by atoms with van der Waals surface area (Å²) in [6.07, 6.45) is 3.22. The van der Waals surface area contributed by atoms with Gasteiger partial charge in [-0.1, -0.05) is 18.2 Å². The largest absolute Gasteiger partial charge is 0.404 e. The lowest BCUT2D eigenvalue weighted by Gasteiger charge is -2.12. The maximum Gasteiger partial charge on any atom is 0.264 e. The molecule has 0 unspecified atom stereocenters. The van der Waals surface area contributed by atoms with Gasteiger partial charge in [-0.05, 0) is 44.0 Å². The van der Waals surface area contributed by atoms with E-state index in [0.717, 1.165) is 31.4 Å².